The number of piperidine rings is 1. The van der Waals surface area contributed by atoms with Gasteiger partial charge >= 0.3 is 18.0 Å². The molecule has 6 atom stereocenters. The summed E-state index contributed by atoms with van der Waals surface area (Å²) in [7, 11) is 1.35. The van der Waals surface area contributed by atoms with Crippen LogP contribution in [0.2, 0.25) is 0 Å². The van der Waals surface area contributed by atoms with Gasteiger partial charge in [-0.2, -0.15) is 4.80 Å². The van der Waals surface area contributed by atoms with Crippen molar-refractivity contribution in [3.8, 4) is 0 Å². The van der Waals surface area contributed by atoms with E-state index >= 15 is 0 Å². The van der Waals surface area contributed by atoms with Crippen LogP contribution in [-0.4, -0.2) is 100 Å². The summed E-state index contributed by atoms with van der Waals surface area (Å²) >= 11 is 0. The molecule has 1 aromatic rings. The monoisotopic (exact) mass is 560 g/mol. The summed E-state index contributed by atoms with van der Waals surface area (Å²) in [6, 6.07) is -0.981. The van der Waals surface area contributed by atoms with Gasteiger partial charge < -0.3 is 14.2 Å². The molecule has 1 aromatic heterocycles. The van der Waals surface area contributed by atoms with E-state index in [2.05, 4.69) is 15.2 Å². The predicted molar refractivity (Wildman–Crippen MR) is 143 cm³/mol. The van der Waals surface area contributed by atoms with E-state index < -0.39 is 12.1 Å². The number of ether oxygens (including phenoxy) is 3. The van der Waals surface area contributed by atoms with Gasteiger partial charge in [-0.3, -0.25) is 14.6 Å². The number of likely N-dealkylation sites (tertiary alicyclic amines) is 2. The lowest BCUT2D eigenvalue weighted by atomic mass is 9.69. The molecular weight excluding hydrogens is 516 g/mol. The first-order valence-electron chi connectivity index (χ1n) is 15.1. The summed E-state index contributed by atoms with van der Waals surface area (Å²) in [6.45, 7) is 6.19. The third-order valence-electron chi connectivity index (χ3n) is 9.47. The Kier molecular flexibility index (Phi) is 9.22. The fraction of sp³-hybridized carbons (Fsp3) is 0.857. The second-order valence-electron chi connectivity index (χ2n) is 11.9. The average molecular weight is 561 g/mol. The van der Waals surface area contributed by atoms with Crippen LogP contribution in [0.1, 0.15) is 89.4 Å². The maximum atomic E-state index is 13.0. The van der Waals surface area contributed by atoms with E-state index in [0.717, 1.165) is 44.5 Å². The minimum atomic E-state index is -0.622. The number of esters is 2. The maximum Gasteiger partial charge on any atom is 0.410 e. The molecule has 4 aliphatic rings. The Balaban J connectivity index is 1.25. The number of carbonyl (C=O) groups is 3. The zero-order valence-electron chi connectivity index (χ0n) is 24.1. The first-order chi connectivity index (χ1) is 19.4. The molecule has 0 bridgehead atoms. The van der Waals surface area contributed by atoms with E-state index in [4.69, 9.17) is 19.3 Å². The minimum Gasteiger partial charge on any atom is -0.465 e. The van der Waals surface area contributed by atoms with Crippen molar-refractivity contribution in [2.45, 2.75) is 95.7 Å². The second-order valence-corrected chi connectivity index (χ2v) is 11.9. The molecule has 2 aliphatic heterocycles. The van der Waals surface area contributed by atoms with Crippen molar-refractivity contribution in [3.63, 3.8) is 0 Å². The summed E-state index contributed by atoms with van der Waals surface area (Å²) in [5, 5.41) is 13.5. The Labute approximate surface area is 236 Å². The smallest absolute Gasteiger partial charge is 0.410 e. The number of fused-ring (bicyclic) bond motifs is 1. The Hall–Kier alpha value is -2.76. The van der Waals surface area contributed by atoms with Gasteiger partial charge in [0, 0.05) is 25.6 Å². The molecule has 6 unspecified atom stereocenters. The quantitative estimate of drug-likeness (QED) is 0.346. The second kappa shape index (κ2) is 12.8. The van der Waals surface area contributed by atoms with Crippen molar-refractivity contribution < 1.29 is 28.6 Å². The molecule has 1 amide bonds. The molecular formula is C28H44N6O6. The van der Waals surface area contributed by atoms with Crippen molar-refractivity contribution in [1.82, 2.24) is 30.0 Å². The Morgan fingerprint density at radius 3 is 2.30 bits per heavy atom. The van der Waals surface area contributed by atoms with Crippen LogP contribution >= 0.6 is 0 Å². The van der Waals surface area contributed by atoms with E-state index in [1.54, 1.807) is 16.6 Å². The number of carbonyl (C=O) groups excluding carboxylic acids is 3. The van der Waals surface area contributed by atoms with Gasteiger partial charge in [-0.1, -0.05) is 12.8 Å². The summed E-state index contributed by atoms with van der Waals surface area (Å²) in [5.41, 5.74) is 0. The van der Waals surface area contributed by atoms with Crippen LogP contribution in [0.5, 0.6) is 0 Å². The molecule has 5 rings (SSSR count). The minimum absolute atomic E-state index is 0.0233. The molecule has 40 heavy (non-hydrogen) atoms. The number of aromatic nitrogens is 4. The maximum absolute atomic E-state index is 13.0. The fourth-order valence-electron chi connectivity index (χ4n) is 7.50. The van der Waals surface area contributed by atoms with Gasteiger partial charge in [0.2, 0.25) is 0 Å². The molecule has 3 heterocycles. The van der Waals surface area contributed by atoms with Crippen molar-refractivity contribution >= 4 is 18.0 Å². The van der Waals surface area contributed by atoms with Crippen molar-refractivity contribution in [1.29, 1.82) is 0 Å². The summed E-state index contributed by atoms with van der Waals surface area (Å²) in [5.74, 6) is 1.67. The number of methoxy groups -OCH3 is 1. The van der Waals surface area contributed by atoms with Gasteiger partial charge in [0.1, 0.15) is 12.1 Å². The third kappa shape index (κ3) is 6.11. The highest BCUT2D eigenvalue weighted by Gasteiger charge is 2.46. The zero-order chi connectivity index (χ0) is 28.2. The van der Waals surface area contributed by atoms with Gasteiger partial charge in [-0.05, 0) is 81.8 Å². The Morgan fingerprint density at radius 2 is 1.60 bits per heavy atom. The number of hydrogen-bond donors (Lipinski definition) is 0. The molecule has 4 fully saturated rings. The van der Waals surface area contributed by atoms with Crippen LogP contribution in [0.25, 0.3) is 0 Å². The van der Waals surface area contributed by atoms with Gasteiger partial charge in [0.25, 0.3) is 0 Å². The van der Waals surface area contributed by atoms with E-state index in [1.165, 1.54) is 20.0 Å². The van der Waals surface area contributed by atoms with Gasteiger partial charge in [-0.15, -0.1) is 10.2 Å². The SMILES string of the molecule is CCOC(=O)C1CC(n2nnc(C3CCCC3)n2)CN1CC1CCC2CN(C(=O)OC)C(C(=O)OCC)CC2C1. The standard InChI is InChI=1S/C28H44N6O6/c1-4-39-26(35)23-14-22(34-30-25(29-31-34)19-8-6-7-9-19)17-32(23)15-18-10-11-20-16-33(28(37)38-3)24(13-21(20)12-18)27(36)40-5-2/h18-24H,4-17H2,1-3H3. The van der Waals surface area contributed by atoms with Crippen molar-refractivity contribution in [3.05, 3.63) is 5.82 Å². The lowest BCUT2D eigenvalue weighted by Gasteiger charge is -2.46. The molecule has 2 saturated heterocycles. The highest BCUT2D eigenvalue weighted by molar-refractivity contribution is 5.81. The molecule has 2 saturated carbocycles. The van der Waals surface area contributed by atoms with Crippen LogP contribution in [0.4, 0.5) is 4.79 Å². The van der Waals surface area contributed by atoms with E-state index in [-0.39, 0.29) is 30.6 Å². The topological polar surface area (TPSA) is 129 Å². The lowest BCUT2D eigenvalue weighted by Crippen LogP contribution is -2.55. The number of amides is 1. The highest BCUT2D eigenvalue weighted by atomic mass is 16.6. The van der Waals surface area contributed by atoms with Gasteiger partial charge in [0.15, 0.2) is 5.82 Å². The molecule has 12 nitrogen and oxygen atoms in total. The fourth-order valence-corrected chi connectivity index (χ4v) is 7.50. The molecule has 12 heteroatoms. The highest BCUT2D eigenvalue weighted by Crippen LogP contribution is 2.43. The molecule has 222 valence electrons. The van der Waals surface area contributed by atoms with Crippen LogP contribution in [0.15, 0.2) is 0 Å². The summed E-state index contributed by atoms with van der Waals surface area (Å²) in [4.78, 5) is 43.7. The van der Waals surface area contributed by atoms with Crippen LogP contribution in [-0.2, 0) is 23.8 Å². The van der Waals surface area contributed by atoms with Gasteiger partial charge in [0.05, 0.1) is 26.4 Å². The third-order valence-corrected chi connectivity index (χ3v) is 9.47. The van der Waals surface area contributed by atoms with Crippen molar-refractivity contribution in [2.75, 3.05) is 40.0 Å². The zero-order valence-corrected chi connectivity index (χ0v) is 24.1. The Morgan fingerprint density at radius 1 is 0.875 bits per heavy atom. The lowest BCUT2D eigenvalue weighted by molar-refractivity contribution is -0.153. The molecule has 0 spiro atoms. The average Bonchev–Trinajstić information content (AvgIpc) is 3.73. The molecule has 0 N–H and O–H groups in total. The summed E-state index contributed by atoms with van der Waals surface area (Å²) in [6.07, 6.45) is 8.29. The van der Waals surface area contributed by atoms with Gasteiger partial charge in [-0.25, -0.2) is 9.59 Å². The number of nitrogens with zero attached hydrogens (tertiary/aromatic N) is 6. The van der Waals surface area contributed by atoms with E-state index in [0.29, 0.717) is 56.2 Å². The van der Waals surface area contributed by atoms with E-state index in [1.807, 2.05) is 6.92 Å². The van der Waals surface area contributed by atoms with Crippen LogP contribution in [0.3, 0.4) is 0 Å². The summed E-state index contributed by atoms with van der Waals surface area (Å²) < 4.78 is 15.7. The Bertz CT molecular complexity index is 1040. The van der Waals surface area contributed by atoms with Crippen molar-refractivity contribution in [2.24, 2.45) is 17.8 Å². The van der Waals surface area contributed by atoms with Crippen LogP contribution in [0, 0.1) is 17.8 Å². The molecule has 0 aromatic carbocycles. The molecule has 0 radical (unpaired) electrons. The normalized spacial score (nSPS) is 31.1. The number of tetrazole rings is 1. The predicted octanol–water partition coefficient (Wildman–Crippen LogP) is 2.95. The number of hydrogen-bond acceptors (Lipinski definition) is 10. The first kappa shape index (κ1) is 28.8. The first-order valence-corrected chi connectivity index (χ1v) is 15.1. The molecule has 2 aliphatic carbocycles. The van der Waals surface area contributed by atoms with Crippen LogP contribution < -0.4 is 0 Å². The largest absolute Gasteiger partial charge is 0.465 e. The number of rotatable bonds is 8. The van der Waals surface area contributed by atoms with E-state index in [9.17, 15) is 14.4 Å².